The lowest BCUT2D eigenvalue weighted by molar-refractivity contribution is -0.0742. The topological polar surface area (TPSA) is 52.6 Å². The van der Waals surface area contributed by atoms with Crippen LogP contribution in [0.15, 0.2) is 91.0 Å². The Morgan fingerprint density at radius 1 is 0.593 bits per heavy atom. The maximum atomic E-state index is 11.8. The van der Waals surface area contributed by atoms with Crippen molar-refractivity contribution in [3.63, 3.8) is 0 Å². The fourth-order valence-corrected chi connectivity index (χ4v) is 2.39. The van der Waals surface area contributed by atoms with Gasteiger partial charge in [0, 0.05) is 30.9 Å². The average molecular weight is 362 g/mol. The number of Topliss-reactive ketones (excluding diaryl/α,β-unsaturated/α-hetero) is 1. The Hall–Kier alpha value is -3.08. The molecule has 0 N–H and O–H groups in total. The van der Waals surface area contributed by atoms with E-state index in [4.69, 9.17) is 9.47 Å². The number of hydrogen-bond acceptors (Lipinski definition) is 4. The molecule has 0 amide bonds. The zero-order valence-corrected chi connectivity index (χ0v) is 15.4. The van der Waals surface area contributed by atoms with Crippen LogP contribution >= 0.6 is 0 Å². The first kappa shape index (κ1) is 20.2. The van der Waals surface area contributed by atoms with Gasteiger partial charge in [-0.15, -0.1) is 0 Å². The second kappa shape index (κ2) is 10.8. The Balaban J connectivity index is 0.000000194. The number of ether oxygens (including phenoxy) is 2. The second-order valence-corrected chi connectivity index (χ2v) is 5.59. The summed E-state index contributed by atoms with van der Waals surface area (Å²) in [6.07, 6.45) is -0.803. The number of ketones is 2. The van der Waals surface area contributed by atoms with Gasteiger partial charge in [0.15, 0.2) is 5.78 Å². The molecule has 0 aromatic heterocycles. The van der Waals surface area contributed by atoms with Crippen LogP contribution < -0.4 is 0 Å². The molecule has 0 saturated heterocycles. The summed E-state index contributed by atoms with van der Waals surface area (Å²) in [5.41, 5.74) is 2.06. The highest BCUT2D eigenvalue weighted by atomic mass is 16.7. The zero-order valence-electron chi connectivity index (χ0n) is 15.4. The van der Waals surface area contributed by atoms with E-state index < -0.39 is 6.29 Å². The highest BCUT2D eigenvalue weighted by molar-refractivity contribution is 6.08. The van der Waals surface area contributed by atoms with Gasteiger partial charge in [0.1, 0.15) is 0 Å². The minimum absolute atomic E-state index is 0.0752. The van der Waals surface area contributed by atoms with Crippen LogP contribution in [-0.2, 0) is 9.47 Å². The summed E-state index contributed by atoms with van der Waals surface area (Å²) >= 11 is 0. The second-order valence-electron chi connectivity index (χ2n) is 5.59. The molecule has 0 bridgehead atoms. The molecule has 0 aliphatic heterocycles. The SMILES string of the molecule is COC(OC)C(=O)c1ccccc1.O=C(c1ccccc1)c1ccccc1. The Morgan fingerprint density at radius 3 is 1.26 bits per heavy atom. The Kier molecular flexibility index (Phi) is 8.10. The van der Waals surface area contributed by atoms with E-state index in [0.717, 1.165) is 11.1 Å². The van der Waals surface area contributed by atoms with Crippen molar-refractivity contribution >= 4 is 11.6 Å². The van der Waals surface area contributed by atoms with Crippen molar-refractivity contribution < 1.29 is 19.1 Å². The van der Waals surface area contributed by atoms with Gasteiger partial charge in [-0.2, -0.15) is 0 Å². The number of carbonyl (C=O) groups excluding carboxylic acids is 2. The lowest BCUT2D eigenvalue weighted by Gasteiger charge is -2.11. The van der Waals surface area contributed by atoms with Crippen molar-refractivity contribution in [2.75, 3.05) is 14.2 Å². The molecule has 0 atom stereocenters. The predicted molar refractivity (Wildman–Crippen MR) is 105 cm³/mol. The van der Waals surface area contributed by atoms with Gasteiger partial charge in [-0.1, -0.05) is 91.0 Å². The molecule has 0 aliphatic rings. The summed E-state index contributed by atoms with van der Waals surface area (Å²) in [4.78, 5) is 23.4. The number of rotatable bonds is 6. The quantitative estimate of drug-likeness (QED) is 0.482. The zero-order chi connectivity index (χ0) is 19.5. The van der Waals surface area contributed by atoms with Gasteiger partial charge >= 0.3 is 0 Å². The van der Waals surface area contributed by atoms with Crippen molar-refractivity contribution in [1.29, 1.82) is 0 Å². The smallest absolute Gasteiger partial charge is 0.222 e. The highest BCUT2D eigenvalue weighted by Crippen LogP contribution is 2.08. The molecule has 3 rings (SSSR count). The fourth-order valence-electron chi connectivity index (χ4n) is 2.39. The maximum Gasteiger partial charge on any atom is 0.222 e. The molecule has 0 radical (unpaired) electrons. The van der Waals surface area contributed by atoms with Gasteiger partial charge in [-0.3, -0.25) is 9.59 Å². The molecule has 0 fully saturated rings. The molecule has 0 unspecified atom stereocenters. The van der Waals surface area contributed by atoms with Crippen LogP contribution in [0.5, 0.6) is 0 Å². The monoisotopic (exact) mass is 362 g/mol. The van der Waals surface area contributed by atoms with Crippen molar-refractivity contribution in [2.45, 2.75) is 6.29 Å². The van der Waals surface area contributed by atoms with Gasteiger partial charge in [-0.05, 0) is 0 Å². The van der Waals surface area contributed by atoms with Crippen molar-refractivity contribution in [3.8, 4) is 0 Å². The standard InChI is InChI=1S/C13H10O.C10H12O3/c14-13(11-7-3-1-4-8-11)12-9-5-2-6-10-12;1-12-10(13-2)9(11)8-6-4-3-5-7-8/h1-10H;3-7,10H,1-2H3. The Bertz CT molecular complexity index is 785. The number of carbonyl (C=O) groups is 2. The van der Waals surface area contributed by atoms with E-state index in [1.165, 1.54) is 14.2 Å². The highest BCUT2D eigenvalue weighted by Gasteiger charge is 2.17. The first-order valence-electron chi connectivity index (χ1n) is 8.47. The lowest BCUT2D eigenvalue weighted by atomic mass is 10.0. The molecule has 0 spiro atoms. The van der Waals surface area contributed by atoms with E-state index in [-0.39, 0.29) is 11.6 Å². The van der Waals surface area contributed by atoms with E-state index in [0.29, 0.717) is 5.56 Å². The van der Waals surface area contributed by atoms with E-state index in [1.54, 1.807) is 24.3 Å². The van der Waals surface area contributed by atoms with Crippen LogP contribution in [0.1, 0.15) is 26.3 Å². The molecule has 0 heterocycles. The average Bonchev–Trinajstić information content (AvgIpc) is 2.76. The van der Waals surface area contributed by atoms with Gasteiger partial charge < -0.3 is 9.47 Å². The normalized spacial score (nSPS) is 10.0. The summed E-state index contributed by atoms with van der Waals surface area (Å²) in [7, 11) is 2.88. The largest absolute Gasteiger partial charge is 0.349 e. The fraction of sp³-hybridized carbons (Fsp3) is 0.130. The Labute approximate surface area is 159 Å². The molecule has 0 aliphatic carbocycles. The summed E-state index contributed by atoms with van der Waals surface area (Å²) < 4.78 is 9.69. The third kappa shape index (κ3) is 5.99. The summed E-state index contributed by atoms with van der Waals surface area (Å²) in [5, 5.41) is 0. The summed E-state index contributed by atoms with van der Waals surface area (Å²) in [6.45, 7) is 0. The molecule has 27 heavy (non-hydrogen) atoms. The van der Waals surface area contributed by atoms with Crippen LogP contribution in [0.3, 0.4) is 0 Å². The van der Waals surface area contributed by atoms with Crippen molar-refractivity contribution in [1.82, 2.24) is 0 Å². The first-order chi connectivity index (χ1) is 13.2. The van der Waals surface area contributed by atoms with Crippen LogP contribution in [0.2, 0.25) is 0 Å². The number of methoxy groups -OCH3 is 2. The maximum absolute atomic E-state index is 11.8. The van der Waals surface area contributed by atoms with E-state index in [2.05, 4.69) is 0 Å². The molecule has 3 aromatic rings. The minimum Gasteiger partial charge on any atom is -0.349 e. The third-order valence-corrected chi connectivity index (χ3v) is 3.77. The van der Waals surface area contributed by atoms with Crippen molar-refractivity contribution in [2.24, 2.45) is 0 Å². The molecule has 0 saturated carbocycles. The van der Waals surface area contributed by atoms with Crippen LogP contribution in [0, 0.1) is 0 Å². The lowest BCUT2D eigenvalue weighted by Crippen LogP contribution is -2.24. The van der Waals surface area contributed by atoms with Crippen LogP contribution in [-0.4, -0.2) is 32.1 Å². The number of benzene rings is 3. The van der Waals surface area contributed by atoms with Crippen molar-refractivity contribution in [3.05, 3.63) is 108 Å². The molecule has 4 heteroatoms. The van der Waals surface area contributed by atoms with Gasteiger partial charge in [-0.25, -0.2) is 0 Å². The van der Waals surface area contributed by atoms with E-state index in [9.17, 15) is 9.59 Å². The van der Waals surface area contributed by atoms with E-state index in [1.807, 2.05) is 66.7 Å². The predicted octanol–water partition coefficient (Wildman–Crippen LogP) is 4.41. The van der Waals surface area contributed by atoms with Crippen LogP contribution in [0.4, 0.5) is 0 Å². The molecular formula is C23H22O4. The molecule has 138 valence electrons. The van der Waals surface area contributed by atoms with Crippen LogP contribution in [0.25, 0.3) is 0 Å². The number of hydrogen-bond donors (Lipinski definition) is 0. The summed E-state index contributed by atoms with van der Waals surface area (Å²) in [5.74, 6) is -0.0863. The Morgan fingerprint density at radius 2 is 0.926 bits per heavy atom. The molecule has 3 aromatic carbocycles. The molecular weight excluding hydrogens is 340 g/mol. The molecule has 4 nitrogen and oxygen atoms in total. The third-order valence-electron chi connectivity index (χ3n) is 3.77. The van der Waals surface area contributed by atoms with Gasteiger partial charge in [0.25, 0.3) is 0 Å². The van der Waals surface area contributed by atoms with Gasteiger partial charge in [0.05, 0.1) is 0 Å². The van der Waals surface area contributed by atoms with E-state index >= 15 is 0 Å². The first-order valence-corrected chi connectivity index (χ1v) is 8.47. The minimum atomic E-state index is -0.803. The van der Waals surface area contributed by atoms with Gasteiger partial charge in [0.2, 0.25) is 12.1 Å². The summed E-state index contributed by atoms with van der Waals surface area (Å²) in [6, 6.07) is 27.5.